The summed E-state index contributed by atoms with van der Waals surface area (Å²) in [6.07, 6.45) is 6.43. The zero-order valence-corrected chi connectivity index (χ0v) is 14.3. The topological polar surface area (TPSA) is 61.7 Å². The van der Waals surface area contributed by atoms with Crippen LogP contribution in [0.1, 0.15) is 42.9 Å². The summed E-state index contributed by atoms with van der Waals surface area (Å²) in [4.78, 5) is 0. The molecule has 2 aliphatic rings. The van der Waals surface area contributed by atoms with Crippen LogP contribution in [-0.2, 0) is 0 Å². The van der Waals surface area contributed by atoms with Gasteiger partial charge in [0.15, 0.2) is 0 Å². The van der Waals surface area contributed by atoms with Gasteiger partial charge in [0.1, 0.15) is 17.2 Å². The van der Waals surface area contributed by atoms with Crippen LogP contribution in [0, 0.1) is 5.92 Å². The number of hydrogen-bond acceptors (Lipinski definition) is 4. The number of fused-ring (bicyclic) bond motifs is 3. The van der Waals surface area contributed by atoms with Gasteiger partial charge in [0.25, 0.3) is 0 Å². The van der Waals surface area contributed by atoms with Gasteiger partial charge in [-0.05, 0) is 54.7 Å². The second-order valence-corrected chi connectivity index (χ2v) is 6.82. The van der Waals surface area contributed by atoms with E-state index in [1.54, 1.807) is 12.1 Å². The quantitative estimate of drug-likeness (QED) is 0.707. The molecule has 0 aromatic heterocycles. The minimum atomic E-state index is 0.00973. The number of aromatic hydroxyl groups is 2. The Balaban J connectivity index is 1.71. The average Bonchev–Trinajstić information content (AvgIpc) is 3.09. The molecule has 4 nitrogen and oxygen atoms in total. The highest BCUT2D eigenvalue weighted by Crippen LogP contribution is 2.51. The minimum Gasteiger partial charge on any atom is -0.508 e. The van der Waals surface area contributed by atoms with Gasteiger partial charge in [-0.1, -0.05) is 19.1 Å². The van der Waals surface area contributed by atoms with Crippen LogP contribution in [0.4, 0.5) is 5.69 Å². The maximum Gasteiger partial charge on any atom is 0.124 e. The van der Waals surface area contributed by atoms with E-state index in [-0.39, 0.29) is 17.5 Å². The molecule has 0 amide bonds. The summed E-state index contributed by atoms with van der Waals surface area (Å²) in [6.45, 7) is 2.82. The van der Waals surface area contributed by atoms with Crippen molar-refractivity contribution in [2.45, 2.75) is 31.7 Å². The summed E-state index contributed by atoms with van der Waals surface area (Å²) < 4.78 is 5.79. The van der Waals surface area contributed by atoms with Gasteiger partial charge in [-0.15, -0.1) is 0 Å². The van der Waals surface area contributed by atoms with E-state index in [0.717, 1.165) is 36.4 Å². The second-order valence-electron chi connectivity index (χ2n) is 6.82. The number of phenols is 2. The molecule has 0 radical (unpaired) electrons. The van der Waals surface area contributed by atoms with Crippen LogP contribution in [-0.4, -0.2) is 16.8 Å². The molecule has 0 spiro atoms. The standard InChI is InChI=1S/C21H23NO3/c1-2-10-25-14-7-9-19-18(12-14)15-4-3-5-16(15)21(22-19)17-8-6-13(23)11-20(17)24/h3-4,6-9,11-12,15-16,21-24H,2,5,10H2,1H3. The molecule has 0 saturated heterocycles. The monoisotopic (exact) mass is 337 g/mol. The third kappa shape index (κ3) is 2.82. The van der Waals surface area contributed by atoms with Crippen molar-refractivity contribution >= 4 is 5.69 Å². The van der Waals surface area contributed by atoms with E-state index in [2.05, 4.69) is 36.5 Å². The molecule has 2 aromatic rings. The highest BCUT2D eigenvalue weighted by atomic mass is 16.5. The summed E-state index contributed by atoms with van der Waals surface area (Å²) >= 11 is 0. The van der Waals surface area contributed by atoms with Crippen LogP contribution in [0.25, 0.3) is 0 Å². The van der Waals surface area contributed by atoms with E-state index in [4.69, 9.17) is 4.74 Å². The molecule has 130 valence electrons. The molecular weight excluding hydrogens is 314 g/mol. The smallest absolute Gasteiger partial charge is 0.124 e. The number of hydrogen-bond donors (Lipinski definition) is 3. The molecule has 25 heavy (non-hydrogen) atoms. The molecule has 1 heterocycles. The summed E-state index contributed by atoms with van der Waals surface area (Å²) in [5, 5.41) is 23.5. The summed E-state index contributed by atoms with van der Waals surface area (Å²) in [7, 11) is 0. The summed E-state index contributed by atoms with van der Waals surface area (Å²) in [5.41, 5.74) is 3.16. The highest BCUT2D eigenvalue weighted by Gasteiger charge is 2.39. The second kappa shape index (κ2) is 6.36. The molecule has 3 N–H and O–H groups in total. The lowest BCUT2D eigenvalue weighted by Gasteiger charge is -2.37. The fourth-order valence-corrected chi connectivity index (χ4v) is 3.99. The van der Waals surface area contributed by atoms with E-state index in [1.165, 1.54) is 11.6 Å². The maximum absolute atomic E-state index is 10.3. The van der Waals surface area contributed by atoms with Crippen molar-refractivity contribution in [2.75, 3.05) is 11.9 Å². The fraction of sp³-hybridized carbons (Fsp3) is 0.333. The average molecular weight is 337 g/mol. The third-order valence-corrected chi connectivity index (χ3v) is 5.16. The Hall–Kier alpha value is -2.62. The van der Waals surface area contributed by atoms with Crippen LogP contribution in [0.5, 0.6) is 17.2 Å². The first-order valence-corrected chi connectivity index (χ1v) is 8.89. The molecule has 2 aromatic carbocycles. The van der Waals surface area contributed by atoms with Gasteiger partial charge in [0.05, 0.1) is 12.6 Å². The first-order chi connectivity index (χ1) is 12.2. The Morgan fingerprint density at radius 1 is 1.12 bits per heavy atom. The molecule has 0 fully saturated rings. The van der Waals surface area contributed by atoms with Gasteiger partial charge < -0.3 is 20.3 Å². The lowest BCUT2D eigenvalue weighted by atomic mass is 9.77. The van der Waals surface area contributed by atoms with E-state index in [1.807, 2.05) is 6.07 Å². The largest absolute Gasteiger partial charge is 0.508 e. The minimum absolute atomic E-state index is 0.00973. The van der Waals surface area contributed by atoms with Crippen LogP contribution < -0.4 is 10.1 Å². The predicted molar refractivity (Wildman–Crippen MR) is 98.4 cm³/mol. The van der Waals surface area contributed by atoms with Crippen molar-refractivity contribution in [3.05, 3.63) is 59.7 Å². The first kappa shape index (κ1) is 15.9. The van der Waals surface area contributed by atoms with Gasteiger partial charge in [0, 0.05) is 23.2 Å². The number of benzene rings is 2. The van der Waals surface area contributed by atoms with Gasteiger partial charge in [-0.2, -0.15) is 0 Å². The normalized spacial score (nSPS) is 23.6. The van der Waals surface area contributed by atoms with Crippen molar-refractivity contribution in [3.8, 4) is 17.2 Å². The maximum atomic E-state index is 10.3. The van der Waals surface area contributed by atoms with Gasteiger partial charge in [0.2, 0.25) is 0 Å². The molecule has 0 saturated carbocycles. The van der Waals surface area contributed by atoms with E-state index in [9.17, 15) is 10.2 Å². The summed E-state index contributed by atoms with van der Waals surface area (Å²) in [6, 6.07) is 11.0. The van der Waals surface area contributed by atoms with Crippen LogP contribution >= 0.6 is 0 Å². The fourth-order valence-electron chi connectivity index (χ4n) is 3.99. The SMILES string of the molecule is CCCOc1ccc2c(c1)C1C=CCC1C(c1ccc(O)cc1O)N2. The lowest BCUT2D eigenvalue weighted by Crippen LogP contribution is -2.29. The number of rotatable bonds is 4. The Morgan fingerprint density at radius 2 is 2.00 bits per heavy atom. The summed E-state index contributed by atoms with van der Waals surface area (Å²) in [5.74, 6) is 1.77. The van der Waals surface area contributed by atoms with Crippen molar-refractivity contribution in [3.63, 3.8) is 0 Å². The van der Waals surface area contributed by atoms with Crippen LogP contribution in [0.3, 0.4) is 0 Å². The van der Waals surface area contributed by atoms with Crippen molar-refractivity contribution in [1.29, 1.82) is 0 Å². The predicted octanol–water partition coefficient (Wildman–Crippen LogP) is 4.71. The van der Waals surface area contributed by atoms with Crippen molar-refractivity contribution in [2.24, 2.45) is 5.92 Å². The number of nitrogens with one attached hydrogen (secondary N) is 1. The highest BCUT2D eigenvalue weighted by molar-refractivity contribution is 5.62. The van der Waals surface area contributed by atoms with E-state index in [0.29, 0.717) is 11.8 Å². The molecule has 4 rings (SSSR count). The number of phenolic OH excluding ortho intramolecular Hbond substituents is 2. The Bertz CT molecular complexity index is 815. The van der Waals surface area contributed by atoms with Crippen molar-refractivity contribution < 1.29 is 14.9 Å². The lowest BCUT2D eigenvalue weighted by molar-refractivity contribution is 0.316. The number of ether oxygens (including phenoxy) is 1. The zero-order chi connectivity index (χ0) is 17.4. The molecule has 4 heteroatoms. The van der Waals surface area contributed by atoms with Crippen LogP contribution in [0.2, 0.25) is 0 Å². The molecular formula is C21H23NO3. The third-order valence-electron chi connectivity index (χ3n) is 5.16. The van der Waals surface area contributed by atoms with Crippen molar-refractivity contribution in [1.82, 2.24) is 0 Å². The Kier molecular flexibility index (Phi) is 4.04. The molecule has 1 aliphatic heterocycles. The van der Waals surface area contributed by atoms with E-state index >= 15 is 0 Å². The van der Waals surface area contributed by atoms with Gasteiger partial charge in [-0.3, -0.25) is 0 Å². The van der Waals surface area contributed by atoms with Crippen LogP contribution in [0.15, 0.2) is 48.6 Å². The zero-order valence-electron chi connectivity index (χ0n) is 14.3. The first-order valence-electron chi connectivity index (χ1n) is 8.89. The number of anilines is 1. The molecule has 3 atom stereocenters. The molecule has 0 bridgehead atoms. The number of allylic oxidation sites excluding steroid dienone is 2. The Morgan fingerprint density at radius 3 is 2.80 bits per heavy atom. The molecule has 3 unspecified atom stereocenters. The Labute approximate surface area is 147 Å². The molecule has 1 aliphatic carbocycles. The van der Waals surface area contributed by atoms with Gasteiger partial charge in [-0.25, -0.2) is 0 Å². The van der Waals surface area contributed by atoms with Gasteiger partial charge >= 0.3 is 0 Å². The van der Waals surface area contributed by atoms with E-state index < -0.39 is 0 Å².